The molecular formula is C9H17O5P. The van der Waals surface area contributed by atoms with Crippen LogP contribution in [0.3, 0.4) is 0 Å². The van der Waals surface area contributed by atoms with Gasteiger partial charge in [0.15, 0.2) is 0 Å². The molecule has 2 N–H and O–H groups in total. The molecule has 3 atom stereocenters. The van der Waals surface area contributed by atoms with Gasteiger partial charge in [-0.05, 0) is 6.08 Å². The number of hydrogen-bond donors (Lipinski definition) is 2. The Morgan fingerprint density at radius 1 is 1.53 bits per heavy atom. The highest BCUT2D eigenvalue weighted by Crippen LogP contribution is 2.36. The predicted octanol–water partition coefficient (Wildman–Crippen LogP) is 1.12. The first-order chi connectivity index (χ1) is 6.92. The molecule has 1 aliphatic rings. The molecule has 0 amide bonds. The van der Waals surface area contributed by atoms with Gasteiger partial charge in [0.2, 0.25) is 0 Å². The molecule has 0 aromatic rings. The smallest absolute Gasteiger partial charge is 0.348 e. The van der Waals surface area contributed by atoms with Gasteiger partial charge in [0.25, 0.3) is 0 Å². The lowest BCUT2D eigenvalue weighted by Crippen LogP contribution is -2.36. The third-order valence-electron chi connectivity index (χ3n) is 2.47. The summed E-state index contributed by atoms with van der Waals surface area (Å²) < 4.78 is 21.3. The van der Waals surface area contributed by atoms with Gasteiger partial charge in [-0.2, -0.15) is 0 Å². The Bertz CT molecular complexity index is 272. The van der Waals surface area contributed by atoms with Gasteiger partial charge in [-0.3, -0.25) is 4.57 Å². The van der Waals surface area contributed by atoms with Crippen LogP contribution in [0.25, 0.3) is 0 Å². The lowest BCUT2D eigenvalue weighted by Gasteiger charge is -2.32. The van der Waals surface area contributed by atoms with Crippen molar-refractivity contribution in [2.75, 3.05) is 13.7 Å². The van der Waals surface area contributed by atoms with E-state index in [1.165, 1.54) is 6.08 Å². The Morgan fingerprint density at radius 3 is 2.73 bits per heavy atom. The van der Waals surface area contributed by atoms with E-state index in [0.29, 0.717) is 18.9 Å². The Labute approximate surface area is 89.2 Å². The quantitative estimate of drug-likeness (QED) is 0.718. The van der Waals surface area contributed by atoms with E-state index in [1.54, 1.807) is 7.11 Å². The van der Waals surface area contributed by atoms with Gasteiger partial charge in [0.05, 0.1) is 18.8 Å². The summed E-state index contributed by atoms with van der Waals surface area (Å²) in [5, 5.41) is 0. The molecule has 0 radical (unpaired) electrons. The molecule has 0 aliphatic carbocycles. The molecule has 1 aliphatic heterocycles. The monoisotopic (exact) mass is 236 g/mol. The fourth-order valence-corrected chi connectivity index (χ4v) is 2.00. The van der Waals surface area contributed by atoms with Gasteiger partial charge in [-0.25, -0.2) is 0 Å². The van der Waals surface area contributed by atoms with Gasteiger partial charge >= 0.3 is 7.60 Å². The van der Waals surface area contributed by atoms with Crippen LogP contribution in [-0.2, 0) is 14.0 Å². The Hall–Kier alpha value is -0.190. The summed E-state index contributed by atoms with van der Waals surface area (Å²) in [5.41, 5.74) is 0. The van der Waals surface area contributed by atoms with Crippen molar-refractivity contribution in [3.8, 4) is 0 Å². The van der Waals surface area contributed by atoms with E-state index in [2.05, 4.69) is 0 Å². The standard InChI is InChI=1S/C9H17O5P/c1-7-6-14-8(5-9(7)13-2)3-4-15(10,11)12/h3-4,7-9H,5-6H2,1-2H3,(H2,10,11,12)/b4-3+. The molecule has 1 fully saturated rings. The van der Waals surface area contributed by atoms with Crippen LogP contribution >= 0.6 is 7.60 Å². The van der Waals surface area contributed by atoms with Crippen molar-refractivity contribution in [1.29, 1.82) is 0 Å². The molecule has 88 valence electrons. The molecule has 0 aromatic carbocycles. The predicted molar refractivity (Wildman–Crippen MR) is 55.5 cm³/mol. The average molecular weight is 236 g/mol. The van der Waals surface area contributed by atoms with E-state index in [0.717, 1.165) is 5.82 Å². The summed E-state index contributed by atoms with van der Waals surface area (Å²) in [4.78, 5) is 17.3. The van der Waals surface area contributed by atoms with Gasteiger partial charge < -0.3 is 19.3 Å². The van der Waals surface area contributed by atoms with Crippen molar-refractivity contribution >= 4 is 7.60 Å². The third-order valence-corrected chi connectivity index (χ3v) is 3.03. The molecular weight excluding hydrogens is 219 g/mol. The highest BCUT2D eigenvalue weighted by Gasteiger charge is 2.27. The summed E-state index contributed by atoms with van der Waals surface area (Å²) in [6.45, 7) is 2.58. The zero-order valence-electron chi connectivity index (χ0n) is 8.87. The van der Waals surface area contributed by atoms with E-state index in [-0.39, 0.29) is 12.2 Å². The average Bonchev–Trinajstić information content (AvgIpc) is 2.15. The van der Waals surface area contributed by atoms with E-state index in [9.17, 15) is 4.57 Å². The van der Waals surface area contributed by atoms with Crippen LogP contribution in [0.2, 0.25) is 0 Å². The van der Waals surface area contributed by atoms with Gasteiger partial charge in [-0.15, -0.1) is 0 Å². The fraction of sp³-hybridized carbons (Fsp3) is 0.778. The van der Waals surface area contributed by atoms with Crippen LogP contribution < -0.4 is 0 Å². The molecule has 1 saturated heterocycles. The normalized spacial score (nSPS) is 33.5. The first kappa shape index (κ1) is 12.9. The SMILES string of the molecule is COC1CC(/C=C/P(=O)(O)O)OCC1C. The van der Waals surface area contributed by atoms with E-state index < -0.39 is 7.60 Å². The zero-order chi connectivity index (χ0) is 11.5. The first-order valence-corrected chi connectivity index (χ1v) is 6.49. The van der Waals surface area contributed by atoms with Gasteiger partial charge in [0.1, 0.15) is 0 Å². The Balaban J connectivity index is 2.52. The molecule has 1 heterocycles. The van der Waals surface area contributed by atoms with Gasteiger partial charge in [0, 0.05) is 25.3 Å². The van der Waals surface area contributed by atoms with Gasteiger partial charge in [-0.1, -0.05) is 6.92 Å². The second-order valence-corrected chi connectivity index (χ2v) is 5.27. The van der Waals surface area contributed by atoms with Crippen LogP contribution in [0.4, 0.5) is 0 Å². The summed E-state index contributed by atoms with van der Waals surface area (Å²) in [5.74, 6) is 1.20. The minimum absolute atomic E-state index is 0.0881. The summed E-state index contributed by atoms with van der Waals surface area (Å²) >= 11 is 0. The summed E-state index contributed by atoms with van der Waals surface area (Å²) in [6.07, 6.45) is 1.87. The molecule has 0 saturated carbocycles. The van der Waals surface area contributed by atoms with E-state index >= 15 is 0 Å². The van der Waals surface area contributed by atoms with Crippen molar-refractivity contribution in [3.05, 3.63) is 11.9 Å². The van der Waals surface area contributed by atoms with Crippen molar-refractivity contribution in [2.45, 2.75) is 25.6 Å². The van der Waals surface area contributed by atoms with Crippen molar-refractivity contribution in [3.63, 3.8) is 0 Å². The topological polar surface area (TPSA) is 76.0 Å². The van der Waals surface area contributed by atoms with Crippen LogP contribution in [-0.4, -0.2) is 35.7 Å². The second-order valence-electron chi connectivity index (χ2n) is 3.79. The number of rotatable bonds is 3. The maximum atomic E-state index is 10.6. The molecule has 5 nitrogen and oxygen atoms in total. The fourth-order valence-electron chi connectivity index (χ4n) is 1.58. The van der Waals surface area contributed by atoms with Crippen LogP contribution in [0, 0.1) is 5.92 Å². The Morgan fingerprint density at radius 2 is 2.20 bits per heavy atom. The zero-order valence-corrected chi connectivity index (χ0v) is 9.76. The minimum Gasteiger partial charge on any atom is -0.381 e. The van der Waals surface area contributed by atoms with E-state index in [4.69, 9.17) is 19.3 Å². The summed E-state index contributed by atoms with van der Waals surface area (Å²) in [7, 11) is -2.44. The van der Waals surface area contributed by atoms with Crippen molar-refractivity contribution in [2.24, 2.45) is 5.92 Å². The van der Waals surface area contributed by atoms with Crippen LogP contribution in [0.5, 0.6) is 0 Å². The van der Waals surface area contributed by atoms with Crippen molar-refractivity contribution in [1.82, 2.24) is 0 Å². The summed E-state index contributed by atoms with van der Waals surface area (Å²) in [6, 6.07) is 0. The number of hydrogen-bond acceptors (Lipinski definition) is 3. The molecule has 0 bridgehead atoms. The highest BCUT2D eigenvalue weighted by molar-refractivity contribution is 7.55. The molecule has 3 unspecified atom stereocenters. The maximum Gasteiger partial charge on any atom is 0.348 e. The molecule has 6 heteroatoms. The third kappa shape index (κ3) is 4.45. The largest absolute Gasteiger partial charge is 0.381 e. The molecule has 1 rings (SSSR count). The molecule has 0 aromatic heterocycles. The molecule has 15 heavy (non-hydrogen) atoms. The lowest BCUT2D eigenvalue weighted by atomic mass is 9.96. The Kier molecular flexibility index (Phi) is 4.49. The minimum atomic E-state index is -4.08. The molecule has 0 spiro atoms. The van der Waals surface area contributed by atoms with Crippen LogP contribution in [0.1, 0.15) is 13.3 Å². The maximum absolute atomic E-state index is 10.6. The second kappa shape index (κ2) is 5.23. The van der Waals surface area contributed by atoms with Crippen molar-refractivity contribution < 1.29 is 23.8 Å². The lowest BCUT2D eigenvalue weighted by molar-refractivity contribution is -0.0752. The number of methoxy groups -OCH3 is 1. The highest BCUT2D eigenvalue weighted by atomic mass is 31.2. The van der Waals surface area contributed by atoms with Crippen LogP contribution in [0.15, 0.2) is 11.9 Å². The number of ether oxygens (including phenoxy) is 2. The van der Waals surface area contributed by atoms with E-state index in [1.807, 2.05) is 6.92 Å². The first-order valence-electron chi connectivity index (χ1n) is 4.81.